The fourth-order valence-corrected chi connectivity index (χ4v) is 1.71. The van der Waals surface area contributed by atoms with Gasteiger partial charge in [-0.05, 0) is 20.3 Å². The summed E-state index contributed by atoms with van der Waals surface area (Å²) in [5.74, 6) is -1.57. The summed E-state index contributed by atoms with van der Waals surface area (Å²) in [5, 5.41) is 0.0250. The van der Waals surface area contributed by atoms with Gasteiger partial charge >= 0.3 is 11.9 Å². The molecule has 0 amide bonds. The summed E-state index contributed by atoms with van der Waals surface area (Å²) in [7, 11) is 0. The molecule has 0 bridgehead atoms. The number of allylic oxidation sites excluding steroid dienone is 1. The molecule has 5 nitrogen and oxygen atoms in total. The van der Waals surface area contributed by atoms with Crippen molar-refractivity contribution in [2.45, 2.75) is 27.2 Å². The molecule has 6 heteroatoms. The molecule has 0 saturated carbocycles. The summed E-state index contributed by atoms with van der Waals surface area (Å²) < 4.78 is 9.67. The maximum Gasteiger partial charge on any atom is 0.320 e. The third kappa shape index (κ3) is 8.42. The van der Waals surface area contributed by atoms with Crippen LogP contribution in [0.5, 0.6) is 0 Å². The van der Waals surface area contributed by atoms with E-state index in [-0.39, 0.29) is 24.7 Å². The van der Waals surface area contributed by atoms with Gasteiger partial charge in [0.2, 0.25) is 0 Å². The van der Waals surface area contributed by atoms with Crippen molar-refractivity contribution in [1.29, 1.82) is 0 Å². The second kappa shape index (κ2) is 10.6. The number of carbonyl (C=O) groups excluding carboxylic acids is 3. The molecule has 0 aromatic rings. The number of carbonyl (C=O) groups is 3. The van der Waals surface area contributed by atoms with E-state index in [0.717, 1.165) is 11.8 Å². The molecule has 0 fully saturated rings. The van der Waals surface area contributed by atoms with E-state index in [9.17, 15) is 14.4 Å². The number of rotatable bonds is 8. The van der Waals surface area contributed by atoms with Gasteiger partial charge in [0.1, 0.15) is 0 Å². The molecule has 0 atom stereocenters. The monoisotopic (exact) mass is 288 g/mol. The first-order chi connectivity index (χ1) is 9.02. The highest BCUT2D eigenvalue weighted by Gasteiger charge is 2.27. The van der Waals surface area contributed by atoms with Crippen LogP contribution in [-0.2, 0) is 23.9 Å². The minimum absolute atomic E-state index is 0.0250. The highest BCUT2D eigenvalue weighted by atomic mass is 32.2. The van der Waals surface area contributed by atoms with Crippen molar-refractivity contribution in [3.05, 3.63) is 12.2 Å². The smallest absolute Gasteiger partial charge is 0.320 e. The van der Waals surface area contributed by atoms with E-state index in [0.29, 0.717) is 5.75 Å². The Morgan fingerprint density at radius 2 is 1.58 bits per heavy atom. The van der Waals surface area contributed by atoms with Gasteiger partial charge in [0.15, 0.2) is 11.0 Å². The van der Waals surface area contributed by atoms with Gasteiger partial charge in [0.05, 0.1) is 13.2 Å². The van der Waals surface area contributed by atoms with Crippen molar-refractivity contribution in [2.75, 3.05) is 19.0 Å². The van der Waals surface area contributed by atoms with Gasteiger partial charge in [-0.25, -0.2) is 0 Å². The Bertz CT molecular complexity index is 320. The fourth-order valence-electron chi connectivity index (χ4n) is 1.24. The van der Waals surface area contributed by atoms with Gasteiger partial charge in [-0.2, -0.15) is 0 Å². The van der Waals surface area contributed by atoms with E-state index in [1.165, 1.54) is 6.92 Å². The van der Waals surface area contributed by atoms with E-state index >= 15 is 0 Å². The second-order valence-corrected chi connectivity index (χ2v) is 4.76. The Hall–Kier alpha value is -1.30. The molecule has 0 heterocycles. The Balaban J connectivity index is 4.37. The van der Waals surface area contributed by atoms with Crippen molar-refractivity contribution < 1.29 is 23.9 Å². The molecule has 0 radical (unpaired) electrons. The van der Waals surface area contributed by atoms with Crippen LogP contribution in [0.1, 0.15) is 27.2 Å². The van der Waals surface area contributed by atoms with E-state index < -0.39 is 17.9 Å². The SMILES string of the molecule is CCOC(=O)C(C/C=C/CSC(C)=O)C(=O)OCC. The second-order valence-electron chi connectivity index (χ2n) is 3.57. The van der Waals surface area contributed by atoms with Gasteiger partial charge in [0, 0.05) is 12.7 Å². The molecular formula is C13H20O5S. The van der Waals surface area contributed by atoms with Gasteiger partial charge in [-0.1, -0.05) is 23.9 Å². The van der Waals surface area contributed by atoms with Gasteiger partial charge in [-0.3, -0.25) is 14.4 Å². The summed E-state index contributed by atoms with van der Waals surface area (Å²) >= 11 is 1.16. The lowest BCUT2D eigenvalue weighted by Crippen LogP contribution is -2.27. The van der Waals surface area contributed by atoms with Crippen molar-refractivity contribution in [1.82, 2.24) is 0 Å². The highest BCUT2D eigenvalue weighted by molar-refractivity contribution is 8.13. The summed E-state index contributed by atoms with van der Waals surface area (Å²) in [6.45, 7) is 5.29. The van der Waals surface area contributed by atoms with Gasteiger partial charge < -0.3 is 9.47 Å². The Labute approximate surface area is 117 Å². The van der Waals surface area contributed by atoms with Crippen LogP contribution < -0.4 is 0 Å². The molecule has 0 aromatic carbocycles. The van der Waals surface area contributed by atoms with Crippen LogP contribution in [-0.4, -0.2) is 36.0 Å². The molecule has 0 aromatic heterocycles. The number of thioether (sulfide) groups is 1. The zero-order valence-electron chi connectivity index (χ0n) is 11.5. The van der Waals surface area contributed by atoms with Crippen LogP contribution in [0.4, 0.5) is 0 Å². The van der Waals surface area contributed by atoms with Crippen molar-refractivity contribution in [3.63, 3.8) is 0 Å². The highest BCUT2D eigenvalue weighted by Crippen LogP contribution is 2.11. The molecule has 0 unspecified atom stereocenters. The van der Waals surface area contributed by atoms with Crippen molar-refractivity contribution in [2.24, 2.45) is 5.92 Å². The van der Waals surface area contributed by atoms with E-state index in [1.54, 1.807) is 26.0 Å². The summed E-state index contributed by atoms with van der Waals surface area (Å²) in [6, 6.07) is 0. The van der Waals surface area contributed by atoms with Gasteiger partial charge in [-0.15, -0.1) is 0 Å². The number of hydrogen-bond donors (Lipinski definition) is 0. The lowest BCUT2D eigenvalue weighted by Gasteiger charge is -2.12. The standard InChI is InChI=1S/C13H20O5S/c1-4-17-12(15)11(13(16)18-5-2)8-6-7-9-19-10(3)14/h6-7,11H,4-5,8-9H2,1-3H3/b7-6+. The third-order valence-corrected chi connectivity index (χ3v) is 2.83. The van der Waals surface area contributed by atoms with Crippen LogP contribution in [0.15, 0.2) is 12.2 Å². The minimum Gasteiger partial charge on any atom is -0.465 e. The lowest BCUT2D eigenvalue weighted by molar-refractivity contribution is -0.161. The van der Waals surface area contributed by atoms with E-state index in [2.05, 4.69) is 0 Å². The van der Waals surface area contributed by atoms with E-state index in [4.69, 9.17) is 9.47 Å². The average Bonchev–Trinajstić information content (AvgIpc) is 2.33. The van der Waals surface area contributed by atoms with Crippen LogP contribution in [0.2, 0.25) is 0 Å². The average molecular weight is 288 g/mol. The molecule has 0 aliphatic carbocycles. The summed E-state index contributed by atoms with van der Waals surface area (Å²) in [5.41, 5.74) is 0. The predicted molar refractivity (Wildman–Crippen MR) is 73.7 cm³/mol. The molecule has 0 spiro atoms. The molecule has 0 aliphatic heterocycles. The largest absolute Gasteiger partial charge is 0.465 e. The first-order valence-corrected chi connectivity index (χ1v) is 7.13. The molecule has 19 heavy (non-hydrogen) atoms. The van der Waals surface area contributed by atoms with Crippen LogP contribution in [0, 0.1) is 5.92 Å². The topological polar surface area (TPSA) is 69.7 Å². The number of hydrogen-bond acceptors (Lipinski definition) is 6. The molecular weight excluding hydrogens is 268 g/mol. The number of esters is 2. The fraction of sp³-hybridized carbons (Fsp3) is 0.615. The normalized spacial score (nSPS) is 10.7. The third-order valence-electron chi connectivity index (χ3n) is 2.06. The van der Waals surface area contributed by atoms with Crippen molar-refractivity contribution >= 4 is 28.8 Å². The lowest BCUT2D eigenvalue weighted by atomic mass is 10.1. The maximum atomic E-state index is 11.6. The zero-order chi connectivity index (χ0) is 14.7. The molecule has 0 N–H and O–H groups in total. The quantitative estimate of drug-likeness (QED) is 0.386. The minimum atomic E-state index is -0.932. The van der Waals surface area contributed by atoms with Crippen LogP contribution in [0.3, 0.4) is 0 Å². The maximum absolute atomic E-state index is 11.6. The van der Waals surface area contributed by atoms with Gasteiger partial charge in [0.25, 0.3) is 0 Å². The summed E-state index contributed by atoms with van der Waals surface area (Å²) in [4.78, 5) is 33.9. The van der Waals surface area contributed by atoms with E-state index in [1.807, 2.05) is 0 Å². The van der Waals surface area contributed by atoms with Crippen molar-refractivity contribution in [3.8, 4) is 0 Å². The predicted octanol–water partition coefficient (Wildman–Crippen LogP) is 1.95. The van der Waals surface area contributed by atoms with Crippen LogP contribution >= 0.6 is 11.8 Å². The Kier molecular flexibility index (Phi) is 9.88. The molecule has 0 saturated heterocycles. The molecule has 0 rings (SSSR count). The first-order valence-electron chi connectivity index (χ1n) is 6.14. The first kappa shape index (κ1) is 17.7. The zero-order valence-corrected chi connectivity index (χ0v) is 12.3. The number of ether oxygens (including phenoxy) is 2. The summed E-state index contributed by atoms with van der Waals surface area (Å²) in [6.07, 6.45) is 3.65. The molecule has 0 aliphatic rings. The Morgan fingerprint density at radius 1 is 1.05 bits per heavy atom. The Morgan fingerprint density at radius 3 is 2.00 bits per heavy atom. The van der Waals surface area contributed by atoms with Crippen LogP contribution in [0.25, 0.3) is 0 Å². The molecule has 108 valence electrons.